The maximum absolute atomic E-state index is 14.2. The molecule has 806 valence electrons. The Morgan fingerprint density at radius 2 is 0.570 bits per heavy atom. The van der Waals surface area contributed by atoms with Gasteiger partial charge in [0.15, 0.2) is 91.9 Å². The second kappa shape index (κ2) is 50.6. The molecular formula is C93H126N24O28P4. The van der Waals surface area contributed by atoms with Crippen molar-refractivity contribution in [3.63, 3.8) is 0 Å². The first-order valence-electron chi connectivity index (χ1n) is 47.6. The molecule has 52 nitrogen and oxygen atoms in total. The van der Waals surface area contributed by atoms with E-state index in [4.69, 9.17) is 117 Å². The Hall–Kier alpha value is -13.6. The van der Waals surface area contributed by atoms with E-state index in [1.54, 1.807) is 199 Å². The van der Waals surface area contributed by atoms with Crippen LogP contribution in [0.25, 0.3) is 44.7 Å². The van der Waals surface area contributed by atoms with Crippen molar-refractivity contribution in [1.82, 2.24) is 98.4 Å². The van der Waals surface area contributed by atoms with Crippen LogP contribution in [0.4, 0.5) is 23.3 Å². The van der Waals surface area contributed by atoms with Gasteiger partial charge in [-0.15, -0.1) is 0 Å². The zero-order valence-electron chi connectivity index (χ0n) is 85.5. The molecule has 4 aromatic carbocycles. The largest absolute Gasteiger partial charge is 0.462 e. The molecule has 0 aliphatic carbocycles. The Balaban J connectivity index is 0.000000166. The van der Waals surface area contributed by atoms with Gasteiger partial charge in [0.05, 0.1) is 100 Å². The predicted octanol–water partition coefficient (Wildman–Crippen LogP) is 12.5. The summed E-state index contributed by atoms with van der Waals surface area (Å²) in [5, 5.41) is 11.4. The fraction of sp³-hybridized carbons (Fsp3) is 0.484. The number of esters is 4. The van der Waals surface area contributed by atoms with Gasteiger partial charge in [0.2, 0.25) is 27.2 Å². The van der Waals surface area contributed by atoms with Crippen LogP contribution >= 0.6 is 30.1 Å². The molecule has 0 radical (unpaired) electrons. The molecule has 4 aliphatic heterocycles. The maximum Gasteiger partial charge on any atom is 0.342 e. The Labute approximate surface area is 857 Å². The first-order chi connectivity index (χ1) is 70.8. The van der Waals surface area contributed by atoms with Crippen molar-refractivity contribution in [2.45, 2.75) is 230 Å². The number of nitrogens with two attached hydrogens (primary N) is 4. The van der Waals surface area contributed by atoms with E-state index >= 15 is 0 Å². The number of imidazole rings is 4. The fourth-order valence-corrected chi connectivity index (χ4v) is 21.9. The Bertz CT molecular complexity index is 6640. The molecule has 2 unspecified atom stereocenters. The molecule has 0 spiro atoms. The van der Waals surface area contributed by atoms with E-state index < -0.39 is 103 Å². The normalized spacial score (nSPS) is 16.0. The third-order valence-corrected chi connectivity index (χ3v) is 28.4. The van der Waals surface area contributed by atoms with Gasteiger partial charge in [-0.25, -0.2) is 80.2 Å². The molecule has 0 fully saturated rings. The summed E-state index contributed by atoms with van der Waals surface area (Å²) in [4.78, 5) is 100. The van der Waals surface area contributed by atoms with Crippen LogP contribution in [0.3, 0.4) is 0 Å². The topological polar surface area (TPSA) is 648 Å². The van der Waals surface area contributed by atoms with Crippen molar-refractivity contribution in [3.8, 4) is 69.0 Å². The molecule has 0 bridgehead atoms. The van der Waals surface area contributed by atoms with Gasteiger partial charge in [-0.1, -0.05) is 27.7 Å². The van der Waals surface area contributed by atoms with E-state index in [0.29, 0.717) is 123 Å². The number of aromatic nitrogens is 16. The van der Waals surface area contributed by atoms with E-state index in [9.17, 15) is 37.4 Å². The Morgan fingerprint density at radius 1 is 0.322 bits per heavy atom. The summed E-state index contributed by atoms with van der Waals surface area (Å²) in [6.45, 7) is 33.6. The third kappa shape index (κ3) is 31.3. The first-order valence-corrected chi connectivity index (χ1v) is 54.9. The summed E-state index contributed by atoms with van der Waals surface area (Å²) in [5.41, 5.74) is 27.6. The summed E-state index contributed by atoms with van der Waals surface area (Å²) in [6, 6.07) is 15.8. The lowest BCUT2D eigenvalue weighted by Gasteiger charge is -2.28. The van der Waals surface area contributed by atoms with E-state index in [2.05, 4.69) is 80.2 Å². The number of nitrogens with one attached hydrogen (secondary N) is 4. The van der Waals surface area contributed by atoms with Gasteiger partial charge in [0, 0.05) is 24.3 Å². The zero-order valence-corrected chi connectivity index (χ0v) is 89.1. The van der Waals surface area contributed by atoms with Crippen LogP contribution in [0, 0.1) is 11.8 Å². The number of carbonyl (C=O) groups is 4. The van der Waals surface area contributed by atoms with Gasteiger partial charge < -0.3 is 135 Å². The van der Waals surface area contributed by atoms with E-state index in [0.717, 1.165) is 0 Å². The molecule has 12 aromatic rings. The number of carbonyl (C=O) groups excluding carboxylic acids is 4. The molecular weight excluding hydrogens is 2030 g/mol. The second-order valence-corrected chi connectivity index (χ2v) is 44.8. The van der Waals surface area contributed by atoms with Crippen LogP contribution < -0.4 is 99.3 Å². The molecule has 56 heteroatoms. The number of anilines is 4. The lowest BCUT2D eigenvalue weighted by molar-refractivity contribution is -0.151. The fourth-order valence-electron chi connectivity index (χ4n) is 14.7. The van der Waals surface area contributed by atoms with Gasteiger partial charge >= 0.3 is 54.0 Å². The van der Waals surface area contributed by atoms with Crippen LogP contribution in [0.1, 0.15) is 131 Å². The average Bonchev–Trinajstić information content (AvgIpc) is 1.53. The van der Waals surface area contributed by atoms with Crippen molar-refractivity contribution in [3.05, 3.63) is 123 Å². The number of nitrogens with zero attached hydrogens (tertiary/aromatic N) is 16. The molecule has 0 saturated heterocycles. The van der Waals surface area contributed by atoms with Crippen LogP contribution in [0.5, 0.6) is 69.0 Å². The van der Waals surface area contributed by atoms with Crippen molar-refractivity contribution < 1.29 is 131 Å². The Kier molecular flexibility index (Phi) is 38.2. The summed E-state index contributed by atoms with van der Waals surface area (Å²) < 4.78 is 175. The highest BCUT2D eigenvalue weighted by Crippen LogP contribution is 2.52. The van der Waals surface area contributed by atoms with E-state index in [1.807, 2.05) is 41.5 Å². The van der Waals surface area contributed by atoms with Gasteiger partial charge in [0.25, 0.3) is 0 Å². The molecule has 12 heterocycles. The highest BCUT2D eigenvalue weighted by atomic mass is 31.2. The monoisotopic (exact) mass is 2150 g/mol. The number of hydrogen-bond donors (Lipinski definition) is 8. The summed E-state index contributed by atoms with van der Waals surface area (Å²) >= 11 is 0. The molecule has 0 saturated carbocycles. The highest BCUT2D eigenvalue weighted by molar-refractivity contribution is 7.58. The van der Waals surface area contributed by atoms with Gasteiger partial charge in [-0.2, -0.15) is 0 Å². The molecule has 4 aliphatic rings. The van der Waals surface area contributed by atoms with Crippen LogP contribution in [0.15, 0.2) is 123 Å². The molecule has 0 amide bonds. The Morgan fingerprint density at radius 3 is 0.832 bits per heavy atom. The minimum absolute atomic E-state index is 0.0886. The minimum atomic E-state index is -3.82. The molecule has 149 heavy (non-hydrogen) atoms. The first kappa shape index (κ1) is 113. The number of ether oxygens (including phenoxy) is 16. The zero-order chi connectivity index (χ0) is 107. The van der Waals surface area contributed by atoms with Gasteiger partial charge in [-0.05, 0) is 164 Å². The van der Waals surface area contributed by atoms with Crippen molar-refractivity contribution >= 4 is 122 Å². The molecule has 12 atom stereocenters. The summed E-state index contributed by atoms with van der Waals surface area (Å²) in [5.74, 6) is 4.02. The predicted molar refractivity (Wildman–Crippen MR) is 542 cm³/mol. The van der Waals surface area contributed by atoms with Crippen LogP contribution in [-0.2, 0) is 102 Å². The van der Waals surface area contributed by atoms with Crippen LogP contribution in [-0.4, -0.2) is 228 Å². The molecule has 16 rings (SSSR count). The van der Waals surface area contributed by atoms with Crippen LogP contribution in [0.2, 0.25) is 0 Å². The third-order valence-electron chi connectivity index (χ3n) is 21.5. The molecule has 8 aromatic heterocycles. The lowest BCUT2D eigenvalue weighted by Crippen LogP contribution is -2.42. The average molecular weight is 2150 g/mol. The maximum atomic E-state index is 14.2. The standard InChI is InChI=1S/C25H35N6O7P.C24H33N6O7P.2C22H29N6O7P/c1-15(2)8-19(25(32)37-16(3)4)30-39(33,38-18-6-7-20-21(9-18)35-13-34-20)14-36-17(5)10-31-12-29-22-23(26)27-11-28-24(22)31;1-14(2)20(24(31)36-15(3)4)29-38(32,37-17-6-7-18-19(8-17)34-12-33-18)13-35-16(5)9-30-11-28-21-22(25)26-10-27-23(21)30;2*1-13(2)34-22(29)15(4)27-36(30,35-16-5-6-17-18(7-16)32-11-31-17)12-33-14(3)8-28-10-26-19-20(23)24-9-25-21(19)28/h6-7,9,11-12,15-17,19H,8,10,13-14H2,1-5H3,(H,30,33)(H2,26,27,28);6-8,10-11,14-16,20H,9,12-13H2,1-5H3,(H,29,32)(H2,25,26,27);2*5-7,9-10,13-15H,8,11-12H2,1-4H3,(H,27,30)(H2,23,24,25)/t17-,19-,39?;16-,20-,38?;14-,15-,36+;14-,15-,36-/m1111/s1. The number of nitrogen functional groups attached to an aromatic ring is 4. The van der Waals surface area contributed by atoms with Crippen molar-refractivity contribution in [1.29, 1.82) is 0 Å². The van der Waals surface area contributed by atoms with Crippen molar-refractivity contribution in [2.75, 3.05) is 75.5 Å². The quantitative estimate of drug-likeness (QED) is 0.00997. The van der Waals surface area contributed by atoms with Gasteiger partial charge in [0.1, 0.15) is 120 Å². The van der Waals surface area contributed by atoms with Gasteiger partial charge in [-0.3, -0.25) is 37.4 Å². The number of hydrogen-bond acceptors (Lipinski definition) is 44. The smallest absolute Gasteiger partial charge is 0.342 e. The minimum Gasteiger partial charge on any atom is -0.462 e. The van der Waals surface area contributed by atoms with Crippen molar-refractivity contribution in [2.24, 2.45) is 11.8 Å². The number of fused-ring (bicyclic) bond motifs is 8. The molecule has 12 N–H and O–H groups in total. The SMILES string of the molecule is CC(C)C[C@@H](NP(=O)(CO[C@H](C)Cn1cnc2c(N)ncnc21)Oc1ccc2c(c1)OCO2)C(=O)OC(C)C.CC(C)OC(=O)[C@@H](C)N[P@@](=O)(CO[C@H](C)Cn1cnc2c(N)ncnc21)Oc1ccc2c(c1)OCO2.CC(C)OC(=O)[C@@H](C)N[P@](=O)(CO[C@H](C)Cn1cnc2c(N)ncnc21)Oc1ccc2c(c1)OCO2.CC(C)OC(=O)[C@H](NP(=O)(CO[C@H](C)Cn1cnc2c(N)ncnc21)Oc1ccc2c(c1)OCO2)C(C)C. The summed E-state index contributed by atoms with van der Waals surface area (Å²) in [6.07, 6.45) is 7.85. The second-order valence-electron chi connectivity index (χ2n) is 36.7. The highest BCUT2D eigenvalue weighted by Gasteiger charge is 2.41. The summed E-state index contributed by atoms with van der Waals surface area (Å²) in [7, 11) is -15.1. The lowest BCUT2D eigenvalue weighted by atomic mass is 10.0. The van der Waals surface area contributed by atoms with E-state index in [-0.39, 0.29) is 135 Å². The number of benzene rings is 4. The number of rotatable bonds is 47. The van der Waals surface area contributed by atoms with E-state index in [1.165, 1.54) is 25.3 Å².